The van der Waals surface area contributed by atoms with E-state index in [1.807, 2.05) is 6.92 Å². The van der Waals surface area contributed by atoms with Crippen molar-refractivity contribution in [3.8, 4) is 0 Å². The molecule has 15 heavy (non-hydrogen) atoms. The first kappa shape index (κ1) is 14.1. The van der Waals surface area contributed by atoms with Crippen LogP contribution in [0.25, 0.3) is 10.4 Å². The summed E-state index contributed by atoms with van der Waals surface area (Å²) in [4.78, 5) is 3.86. The van der Waals surface area contributed by atoms with Gasteiger partial charge >= 0.3 is 6.18 Å². The Balaban J connectivity index is 3.87. The fourth-order valence-corrected chi connectivity index (χ4v) is 1.25. The van der Waals surface area contributed by atoms with E-state index in [0.717, 1.165) is 0 Å². The van der Waals surface area contributed by atoms with Crippen LogP contribution in [0.1, 0.15) is 19.8 Å². The molecule has 0 heterocycles. The summed E-state index contributed by atoms with van der Waals surface area (Å²) in [5, 5.41) is 3.27. The minimum Gasteiger partial charge on any atom is -0.295 e. The number of alkyl halides is 3. The van der Waals surface area contributed by atoms with Gasteiger partial charge in [-0.05, 0) is 31.5 Å². The molecule has 0 N–H and O–H groups in total. The Morgan fingerprint density at radius 1 is 1.33 bits per heavy atom. The molecule has 4 nitrogen and oxygen atoms in total. The van der Waals surface area contributed by atoms with Crippen molar-refractivity contribution in [3.05, 3.63) is 10.4 Å². The molecule has 0 rings (SSSR count). The highest BCUT2D eigenvalue weighted by Gasteiger charge is 2.29. The van der Waals surface area contributed by atoms with E-state index >= 15 is 0 Å². The molecule has 0 aliphatic carbocycles. The summed E-state index contributed by atoms with van der Waals surface area (Å²) < 4.78 is 36.2. The second-order valence-corrected chi connectivity index (χ2v) is 3.20. The third-order valence-electron chi connectivity index (χ3n) is 1.74. The van der Waals surface area contributed by atoms with Crippen LogP contribution in [0.3, 0.4) is 0 Å². The molecule has 0 aromatic rings. The van der Waals surface area contributed by atoms with Crippen LogP contribution in [-0.2, 0) is 0 Å². The van der Waals surface area contributed by atoms with E-state index in [0.29, 0.717) is 25.9 Å². The van der Waals surface area contributed by atoms with Crippen molar-refractivity contribution in [3.63, 3.8) is 0 Å². The molecular formula is C8H15F3N4. The Morgan fingerprint density at radius 2 is 2.00 bits per heavy atom. The van der Waals surface area contributed by atoms with Crippen molar-refractivity contribution in [1.82, 2.24) is 4.90 Å². The number of rotatable bonds is 7. The number of hydrogen-bond acceptors (Lipinski definition) is 2. The summed E-state index contributed by atoms with van der Waals surface area (Å²) >= 11 is 0. The Morgan fingerprint density at radius 3 is 2.47 bits per heavy atom. The minimum atomic E-state index is -4.16. The zero-order chi connectivity index (χ0) is 11.7. The first-order valence-electron chi connectivity index (χ1n) is 4.79. The normalized spacial score (nSPS) is 11.5. The Labute approximate surface area is 86.7 Å². The lowest BCUT2D eigenvalue weighted by Crippen LogP contribution is -2.35. The molecule has 0 amide bonds. The van der Waals surface area contributed by atoms with Crippen LogP contribution < -0.4 is 0 Å². The summed E-state index contributed by atoms with van der Waals surface area (Å²) in [6.45, 7) is 1.91. The molecule has 0 atom stereocenters. The van der Waals surface area contributed by atoms with Crippen molar-refractivity contribution >= 4 is 0 Å². The summed E-state index contributed by atoms with van der Waals surface area (Å²) in [5.41, 5.74) is 7.99. The van der Waals surface area contributed by atoms with Crippen LogP contribution >= 0.6 is 0 Å². The van der Waals surface area contributed by atoms with Gasteiger partial charge in [-0.25, -0.2) is 0 Å². The lowest BCUT2D eigenvalue weighted by Gasteiger charge is -2.22. The van der Waals surface area contributed by atoms with Crippen molar-refractivity contribution < 1.29 is 13.2 Å². The van der Waals surface area contributed by atoms with E-state index in [4.69, 9.17) is 5.53 Å². The highest BCUT2D eigenvalue weighted by atomic mass is 19.4. The molecule has 7 heteroatoms. The molecule has 0 fully saturated rings. The fourth-order valence-electron chi connectivity index (χ4n) is 1.25. The molecule has 0 spiro atoms. The number of hydrogen-bond donors (Lipinski definition) is 0. The number of azide groups is 1. The van der Waals surface area contributed by atoms with E-state index < -0.39 is 12.7 Å². The van der Waals surface area contributed by atoms with Gasteiger partial charge in [0.25, 0.3) is 0 Å². The maximum Gasteiger partial charge on any atom is 0.401 e. The Hall–Kier alpha value is -0.940. The van der Waals surface area contributed by atoms with E-state index in [9.17, 15) is 13.2 Å². The molecule has 0 bridgehead atoms. The monoisotopic (exact) mass is 224 g/mol. The lowest BCUT2D eigenvalue weighted by molar-refractivity contribution is -0.146. The molecule has 0 aliphatic rings. The van der Waals surface area contributed by atoms with Crippen LogP contribution in [-0.4, -0.2) is 37.3 Å². The van der Waals surface area contributed by atoms with Gasteiger partial charge in [0.15, 0.2) is 0 Å². The van der Waals surface area contributed by atoms with Crippen LogP contribution in [0.15, 0.2) is 5.11 Å². The molecule has 0 aliphatic heterocycles. The summed E-state index contributed by atoms with van der Waals surface area (Å²) in [6, 6.07) is 0. The topological polar surface area (TPSA) is 52.0 Å². The molecule has 0 aromatic heterocycles. The van der Waals surface area contributed by atoms with Crippen LogP contribution in [0.5, 0.6) is 0 Å². The second kappa shape index (κ2) is 7.36. The smallest absolute Gasteiger partial charge is 0.295 e. The highest BCUT2D eigenvalue weighted by Crippen LogP contribution is 2.16. The van der Waals surface area contributed by atoms with Crippen molar-refractivity contribution in [2.24, 2.45) is 5.11 Å². The average molecular weight is 224 g/mol. The first-order chi connectivity index (χ1) is 6.99. The SMILES string of the molecule is CCCN(CCCN=[N+]=[N-])CC(F)(F)F. The standard InChI is InChI=1S/C8H15F3N4/c1-2-5-15(7-8(9,10)11)6-3-4-13-14-12/h2-7H2,1H3. The van der Waals surface area contributed by atoms with Gasteiger partial charge in [0.2, 0.25) is 0 Å². The molecular weight excluding hydrogens is 209 g/mol. The van der Waals surface area contributed by atoms with Crippen molar-refractivity contribution in [2.75, 3.05) is 26.2 Å². The second-order valence-electron chi connectivity index (χ2n) is 3.20. The molecule has 0 saturated carbocycles. The van der Waals surface area contributed by atoms with E-state index in [1.165, 1.54) is 4.90 Å². The van der Waals surface area contributed by atoms with E-state index in [-0.39, 0.29) is 6.54 Å². The van der Waals surface area contributed by atoms with Gasteiger partial charge in [-0.3, -0.25) is 4.90 Å². The van der Waals surface area contributed by atoms with Gasteiger partial charge in [0.05, 0.1) is 6.54 Å². The predicted molar refractivity (Wildman–Crippen MR) is 51.4 cm³/mol. The van der Waals surface area contributed by atoms with E-state index in [2.05, 4.69) is 10.0 Å². The summed E-state index contributed by atoms with van der Waals surface area (Å²) in [5.74, 6) is 0. The first-order valence-corrected chi connectivity index (χ1v) is 4.79. The number of halogens is 3. The third kappa shape index (κ3) is 9.37. The van der Waals surface area contributed by atoms with Crippen LogP contribution in [0.2, 0.25) is 0 Å². The molecule has 0 aromatic carbocycles. The average Bonchev–Trinajstić information content (AvgIpc) is 2.10. The summed E-state index contributed by atoms with van der Waals surface area (Å²) in [7, 11) is 0. The van der Waals surface area contributed by atoms with Gasteiger partial charge < -0.3 is 0 Å². The minimum absolute atomic E-state index is 0.245. The van der Waals surface area contributed by atoms with Gasteiger partial charge in [-0.1, -0.05) is 12.0 Å². The van der Waals surface area contributed by atoms with Gasteiger partial charge in [0, 0.05) is 11.5 Å². The zero-order valence-corrected chi connectivity index (χ0v) is 8.67. The summed E-state index contributed by atoms with van der Waals surface area (Å²) in [6.07, 6.45) is -3.02. The highest BCUT2D eigenvalue weighted by molar-refractivity contribution is 4.63. The van der Waals surface area contributed by atoms with Gasteiger partial charge in [-0.15, -0.1) is 0 Å². The Kier molecular flexibility index (Phi) is 6.90. The maximum atomic E-state index is 12.1. The van der Waals surface area contributed by atoms with Crippen molar-refractivity contribution in [2.45, 2.75) is 25.9 Å². The zero-order valence-electron chi connectivity index (χ0n) is 8.67. The third-order valence-corrected chi connectivity index (χ3v) is 1.74. The van der Waals surface area contributed by atoms with Crippen LogP contribution in [0.4, 0.5) is 13.2 Å². The Bertz CT molecular complexity index is 210. The van der Waals surface area contributed by atoms with Crippen LogP contribution in [0, 0.1) is 0 Å². The predicted octanol–water partition coefficient (Wildman–Crippen LogP) is 2.96. The van der Waals surface area contributed by atoms with Gasteiger partial charge in [-0.2, -0.15) is 13.2 Å². The maximum absolute atomic E-state index is 12.1. The molecule has 0 unspecified atom stereocenters. The molecule has 88 valence electrons. The van der Waals surface area contributed by atoms with Crippen molar-refractivity contribution in [1.29, 1.82) is 0 Å². The number of nitrogens with zero attached hydrogens (tertiary/aromatic N) is 4. The van der Waals surface area contributed by atoms with E-state index in [1.54, 1.807) is 0 Å². The lowest BCUT2D eigenvalue weighted by atomic mass is 10.3. The molecule has 0 saturated heterocycles. The fraction of sp³-hybridized carbons (Fsp3) is 1.00. The quantitative estimate of drug-likeness (QED) is 0.284. The largest absolute Gasteiger partial charge is 0.401 e. The molecule has 0 radical (unpaired) electrons. The van der Waals surface area contributed by atoms with Gasteiger partial charge in [0.1, 0.15) is 0 Å².